The Morgan fingerprint density at radius 1 is 1.08 bits per heavy atom. The molecule has 3 N–H and O–H groups in total. The molecule has 1 amide bonds. The van der Waals surface area contributed by atoms with Crippen molar-refractivity contribution in [2.75, 3.05) is 12.4 Å². The minimum absolute atomic E-state index is 0.167. The molecule has 1 aromatic heterocycles. The van der Waals surface area contributed by atoms with E-state index in [1.807, 2.05) is 12.1 Å². The van der Waals surface area contributed by atoms with Gasteiger partial charge in [0.05, 0.1) is 18.5 Å². The second-order valence-corrected chi connectivity index (χ2v) is 5.46. The van der Waals surface area contributed by atoms with Gasteiger partial charge < -0.3 is 10.1 Å². The summed E-state index contributed by atoms with van der Waals surface area (Å²) in [6.45, 7) is 1.43. The van der Waals surface area contributed by atoms with Crippen molar-refractivity contribution in [3.63, 3.8) is 0 Å². The summed E-state index contributed by atoms with van der Waals surface area (Å²) in [5.74, 6) is 0.535. The number of nitrogens with one attached hydrogen (secondary N) is 3. The van der Waals surface area contributed by atoms with Crippen molar-refractivity contribution in [1.29, 1.82) is 0 Å². The fourth-order valence-electron chi connectivity index (χ4n) is 2.37. The van der Waals surface area contributed by atoms with Gasteiger partial charge in [0.1, 0.15) is 5.75 Å². The minimum Gasteiger partial charge on any atom is -0.497 e. The number of benzene rings is 2. The highest BCUT2D eigenvalue weighted by Gasteiger charge is 2.11. The van der Waals surface area contributed by atoms with Crippen molar-refractivity contribution in [2.45, 2.75) is 6.92 Å². The van der Waals surface area contributed by atoms with Crippen LogP contribution in [0, 0.1) is 0 Å². The van der Waals surface area contributed by atoms with Crippen LogP contribution in [0.25, 0.3) is 11.3 Å². The summed E-state index contributed by atoms with van der Waals surface area (Å²) < 4.78 is 5.13. The predicted octanol–water partition coefficient (Wildman–Crippen LogP) is 3.75. The molecular formula is C18H17N5O3. The number of H-pyrrole nitrogens is 2. The molecule has 0 bridgehead atoms. The zero-order valence-corrected chi connectivity index (χ0v) is 14.2. The molecule has 0 aliphatic heterocycles. The first kappa shape index (κ1) is 17.2. The van der Waals surface area contributed by atoms with Crippen LogP contribution in [0.1, 0.15) is 6.92 Å². The van der Waals surface area contributed by atoms with Gasteiger partial charge in [-0.15, -0.1) is 5.11 Å². The number of aromatic nitrogens is 2. The van der Waals surface area contributed by atoms with E-state index in [-0.39, 0.29) is 17.2 Å². The first-order chi connectivity index (χ1) is 12.6. The van der Waals surface area contributed by atoms with Gasteiger partial charge in [0.15, 0.2) is 5.69 Å². The van der Waals surface area contributed by atoms with Crippen molar-refractivity contribution in [3.8, 4) is 17.0 Å². The van der Waals surface area contributed by atoms with Crippen LogP contribution in [-0.2, 0) is 4.79 Å². The summed E-state index contributed by atoms with van der Waals surface area (Å²) in [4.78, 5) is 23.2. The Bertz CT molecular complexity index is 1000. The highest BCUT2D eigenvalue weighted by molar-refractivity contribution is 5.89. The maximum Gasteiger partial charge on any atom is 0.292 e. The first-order valence-electron chi connectivity index (χ1n) is 7.81. The summed E-state index contributed by atoms with van der Waals surface area (Å²) in [6, 6.07) is 14.1. The van der Waals surface area contributed by atoms with E-state index < -0.39 is 0 Å². The summed E-state index contributed by atoms with van der Waals surface area (Å²) in [5.41, 5.74) is 2.20. The number of methoxy groups -OCH3 is 1. The summed E-state index contributed by atoms with van der Waals surface area (Å²) in [5, 5.41) is 16.2. The molecule has 0 atom stereocenters. The van der Waals surface area contributed by atoms with Gasteiger partial charge in [0.25, 0.3) is 5.56 Å². The molecule has 132 valence electrons. The molecule has 0 radical (unpaired) electrons. The standard InChI is InChI=1S/C18H17N5O3/c1-11(24)19-13-4-3-5-14(10-13)20-22-17-16(21-23-18(17)25)12-6-8-15(26-2)9-7-12/h3-10H,1-2H3,(H,19,24)(H2,21,23,25). The van der Waals surface area contributed by atoms with Crippen LogP contribution >= 0.6 is 0 Å². The third-order valence-electron chi connectivity index (χ3n) is 3.56. The van der Waals surface area contributed by atoms with Gasteiger partial charge in [-0.1, -0.05) is 6.07 Å². The number of azo groups is 1. The van der Waals surface area contributed by atoms with Gasteiger partial charge >= 0.3 is 0 Å². The monoisotopic (exact) mass is 351 g/mol. The number of hydrogen-bond donors (Lipinski definition) is 3. The molecule has 3 rings (SSSR count). The lowest BCUT2D eigenvalue weighted by atomic mass is 10.1. The van der Waals surface area contributed by atoms with Crippen LogP contribution < -0.4 is 15.6 Å². The van der Waals surface area contributed by atoms with E-state index in [4.69, 9.17) is 4.74 Å². The highest BCUT2D eigenvalue weighted by Crippen LogP contribution is 2.28. The fourth-order valence-corrected chi connectivity index (χ4v) is 2.37. The maximum atomic E-state index is 12.0. The van der Waals surface area contributed by atoms with Crippen molar-refractivity contribution >= 4 is 23.0 Å². The highest BCUT2D eigenvalue weighted by atomic mass is 16.5. The lowest BCUT2D eigenvalue weighted by molar-refractivity contribution is -0.114. The number of carbonyl (C=O) groups excluding carboxylic acids is 1. The molecule has 1 heterocycles. The Hall–Kier alpha value is -3.68. The van der Waals surface area contributed by atoms with Crippen LogP contribution in [0.3, 0.4) is 0 Å². The van der Waals surface area contributed by atoms with Gasteiger partial charge in [-0.25, -0.2) is 0 Å². The molecule has 0 aliphatic rings. The molecule has 0 spiro atoms. The molecule has 26 heavy (non-hydrogen) atoms. The van der Waals surface area contributed by atoms with E-state index in [0.29, 0.717) is 22.8 Å². The average Bonchev–Trinajstić information content (AvgIpc) is 3.00. The predicted molar refractivity (Wildman–Crippen MR) is 98.3 cm³/mol. The SMILES string of the molecule is COc1ccc(-c2[nH][nH]c(=O)c2N=Nc2cccc(NC(C)=O)c2)cc1. The third-order valence-corrected chi connectivity index (χ3v) is 3.56. The first-order valence-corrected chi connectivity index (χ1v) is 7.81. The Morgan fingerprint density at radius 2 is 1.85 bits per heavy atom. The van der Waals surface area contributed by atoms with E-state index in [1.165, 1.54) is 6.92 Å². The van der Waals surface area contributed by atoms with Crippen LogP contribution in [0.5, 0.6) is 5.75 Å². The van der Waals surface area contributed by atoms with Crippen LogP contribution in [0.4, 0.5) is 17.1 Å². The Labute approximate surface area is 148 Å². The lowest BCUT2D eigenvalue weighted by Crippen LogP contribution is -2.05. The zero-order chi connectivity index (χ0) is 18.5. The number of carbonyl (C=O) groups is 1. The van der Waals surface area contributed by atoms with E-state index in [0.717, 1.165) is 5.56 Å². The summed E-state index contributed by atoms with van der Waals surface area (Å²) >= 11 is 0. The molecule has 8 nitrogen and oxygen atoms in total. The number of anilines is 1. The maximum absolute atomic E-state index is 12.0. The number of aromatic amines is 2. The third kappa shape index (κ3) is 3.86. The van der Waals surface area contributed by atoms with E-state index in [1.54, 1.807) is 43.5 Å². The number of rotatable bonds is 5. The Balaban J connectivity index is 1.90. The van der Waals surface area contributed by atoms with Crippen molar-refractivity contribution in [2.24, 2.45) is 10.2 Å². The fraction of sp³-hybridized carbons (Fsp3) is 0.111. The molecule has 2 aromatic carbocycles. The largest absolute Gasteiger partial charge is 0.497 e. The number of nitrogens with zero attached hydrogens (tertiary/aromatic N) is 2. The van der Waals surface area contributed by atoms with Gasteiger partial charge in [0.2, 0.25) is 5.91 Å². The van der Waals surface area contributed by atoms with Gasteiger partial charge in [-0.2, -0.15) is 5.11 Å². The lowest BCUT2D eigenvalue weighted by Gasteiger charge is -2.02. The molecule has 0 unspecified atom stereocenters. The van der Waals surface area contributed by atoms with Gasteiger partial charge in [0, 0.05) is 18.2 Å². The molecular weight excluding hydrogens is 334 g/mol. The smallest absolute Gasteiger partial charge is 0.292 e. The van der Waals surface area contributed by atoms with E-state index in [9.17, 15) is 9.59 Å². The Morgan fingerprint density at radius 3 is 2.54 bits per heavy atom. The Kier molecular flexibility index (Phi) is 4.93. The van der Waals surface area contributed by atoms with Crippen molar-refractivity contribution in [3.05, 3.63) is 58.9 Å². The molecule has 0 saturated heterocycles. The van der Waals surface area contributed by atoms with Gasteiger partial charge in [-0.3, -0.25) is 19.8 Å². The second-order valence-electron chi connectivity index (χ2n) is 5.46. The van der Waals surface area contributed by atoms with Crippen molar-refractivity contribution in [1.82, 2.24) is 10.2 Å². The van der Waals surface area contributed by atoms with Crippen LogP contribution in [-0.4, -0.2) is 23.2 Å². The summed E-state index contributed by atoms with van der Waals surface area (Å²) in [7, 11) is 1.59. The van der Waals surface area contributed by atoms with Crippen LogP contribution in [0.2, 0.25) is 0 Å². The molecule has 0 fully saturated rings. The number of amides is 1. The molecule has 3 aromatic rings. The van der Waals surface area contributed by atoms with Crippen LogP contribution in [0.15, 0.2) is 63.6 Å². The number of ether oxygens (including phenoxy) is 1. The molecule has 0 saturated carbocycles. The minimum atomic E-state index is -0.377. The summed E-state index contributed by atoms with van der Waals surface area (Å²) in [6.07, 6.45) is 0. The molecule has 8 heteroatoms. The zero-order valence-electron chi connectivity index (χ0n) is 14.2. The quantitative estimate of drug-likeness (QED) is 0.608. The van der Waals surface area contributed by atoms with Gasteiger partial charge in [-0.05, 0) is 42.5 Å². The van der Waals surface area contributed by atoms with E-state index >= 15 is 0 Å². The average molecular weight is 351 g/mol. The normalized spacial score (nSPS) is 10.8. The topological polar surface area (TPSA) is 112 Å². The van der Waals surface area contributed by atoms with E-state index in [2.05, 4.69) is 25.7 Å². The van der Waals surface area contributed by atoms with Crippen molar-refractivity contribution < 1.29 is 9.53 Å². The number of hydrogen-bond acceptors (Lipinski definition) is 5. The molecule has 0 aliphatic carbocycles. The second kappa shape index (κ2) is 7.47.